The molecule has 0 saturated heterocycles. The molecule has 1 heterocycles. The third kappa shape index (κ3) is 6.09. The van der Waals surface area contributed by atoms with E-state index in [1.54, 1.807) is 7.05 Å². The maximum Gasteiger partial charge on any atom is 0.354 e. The number of halogens is 1. The van der Waals surface area contributed by atoms with Crippen LogP contribution in [-0.2, 0) is 20.8 Å². The van der Waals surface area contributed by atoms with Crippen molar-refractivity contribution in [2.45, 2.75) is 50.3 Å². The average Bonchev–Trinajstić information content (AvgIpc) is 2.79. The van der Waals surface area contributed by atoms with Crippen molar-refractivity contribution in [1.29, 1.82) is 0 Å². The minimum absolute atomic E-state index is 0.0989. The third-order valence-electron chi connectivity index (χ3n) is 3.20. The smallest absolute Gasteiger partial charge is 0.354 e. The van der Waals surface area contributed by atoms with Gasteiger partial charge < -0.3 is 9.30 Å². The molecule has 0 aliphatic carbocycles. The highest BCUT2D eigenvalue weighted by Gasteiger charge is 2.19. The summed E-state index contributed by atoms with van der Waals surface area (Å²) in [7, 11) is 2.99. The summed E-state index contributed by atoms with van der Waals surface area (Å²) in [6.45, 7) is 2.51. The first-order chi connectivity index (χ1) is 9.86. The van der Waals surface area contributed by atoms with E-state index in [9.17, 15) is 13.2 Å². The Balaban J connectivity index is 2.41. The summed E-state index contributed by atoms with van der Waals surface area (Å²) in [5.41, 5.74) is 0.181. The molecule has 0 unspecified atom stereocenters. The Morgan fingerprint density at radius 1 is 1.24 bits per heavy atom. The lowest BCUT2D eigenvalue weighted by Crippen LogP contribution is -2.10. The normalized spacial score (nSPS) is 11.6. The number of aryl methyl sites for hydroxylation is 1. The van der Waals surface area contributed by atoms with Crippen LogP contribution in [0.3, 0.4) is 0 Å². The Bertz CT molecular complexity index is 566. The molecular formula is C14H22ClNO4S. The zero-order valence-electron chi connectivity index (χ0n) is 12.5. The predicted molar refractivity (Wildman–Crippen MR) is 82.1 cm³/mol. The predicted octanol–water partition coefficient (Wildman–Crippen LogP) is 3.47. The number of carbonyl (C=O) groups is 1. The van der Waals surface area contributed by atoms with Gasteiger partial charge in [-0.1, -0.05) is 39.0 Å². The van der Waals surface area contributed by atoms with Gasteiger partial charge in [-0.2, -0.15) is 0 Å². The monoisotopic (exact) mass is 335 g/mol. The third-order valence-corrected chi connectivity index (χ3v) is 4.52. The first-order valence-electron chi connectivity index (χ1n) is 7.14. The molecule has 1 rings (SSSR count). The van der Waals surface area contributed by atoms with Crippen LogP contribution in [0.4, 0.5) is 0 Å². The molecule has 0 aliphatic heterocycles. The molecule has 0 spiro atoms. The van der Waals surface area contributed by atoms with Crippen LogP contribution < -0.4 is 0 Å². The topological polar surface area (TPSA) is 65.4 Å². The molecule has 1 aromatic rings. The van der Waals surface area contributed by atoms with Crippen LogP contribution in [0.15, 0.2) is 17.2 Å². The summed E-state index contributed by atoms with van der Waals surface area (Å²) >= 11 is 0. The minimum Gasteiger partial charge on any atom is -0.461 e. The lowest BCUT2D eigenvalue weighted by atomic mass is 10.1. The molecule has 0 bridgehead atoms. The van der Waals surface area contributed by atoms with E-state index >= 15 is 0 Å². The number of nitrogens with zero attached hydrogens (tertiary/aromatic N) is 1. The summed E-state index contributed by atoms with van der Waals surface area (Å²) in [6, 6.07) is 1.23. The summed E-state index contributed by atoms with van der Waals surface area (Å²) in [4.78, 5) is 11.8. The molecule has 0 saturated carbocycles. The second-order valence-electron chi connectivity index (χ2n) is 5.01. The molecule has 1 aromatic heterocycles. The van der Waals surface area contributed by atoms with E-state index in [-0.39, 0.29) is 10.6 Å². The maximum absolute atomic E-state index is 11.9. The van der Waals surface area contributed by atoms with Crippen LogP contribution in [0.25, 0.3) is 0 Å². The Kier molecular flexibility index (Phi) is 7.25. The molecule has 5 nitrogen and oxygen atoms in total. The number of hydrogen-bond acceptors (Lipinski definition) is 4. The second kappa shape index (κ2) is 8.44. The van der Waals surface area contributed by atoms with Gasteiger partial charge in [-0.25, -0.2) is 13.2 Å². The summed E-state index contributed by atoms with van der Waals surface area (Å²) in [5, 5.41) is 0. The first kappa shape index (κ1) is 18.0. The van der Waals surface area contributed by atoms with E-state index in [2.05, 4.69) is 6.92 Å². The van der Waals surface area contributed by atoms with E-state index in [1.165, 1.54) is 36.1 Å². The van der Waals surface area contributed by atoms with Gasteiger partial charge in [0.25, 0.3) is 9.05 Å². The van der Waals surface area contributed by atoms with Gasteiger partial charge in [-0.15, -0.1) is 0 Å². The zero-order valence-corrected chi connectivity index (χ0v) is 14.0. The quantitative estimate of drug-likeness (QED) is 0.394. The van der Waals surface area contributed by atoms with Crippen molar-refractivity contribution in [3.8, 4) is 0 Å². The molecule has 0 radical (unpaired) electrons. The number of hydrogen-bond donors (Lipinski definition) is 0. The second-order valence-corrected chi connectivity index (χ2v) is 7.58. The minimum atomic E-state index is -3.83. The van der Waals surface area contributed by atoms with Crippen LogP contribution in [0.2, 0.25) is 0 Å². The molecule has 7 heteroatoms. The van der Waals surface area contributed by atoms with Crippen molar-refractivity contribution in [3.63, 3.8) is 0 Å². The molecule has 0 N–H and O–H groups in total. The molecule has 0 atom stereocenters. The first-order valence-corrected chi connectivity index (χ1v) is 9.45. The summed E-state index contributed by atoms with van der Waals surface area (Å²) in [5.74, 6) is -0.530. The molecule has 120 valence electrons. The Labute approximate surface area is 130 Å². The molecule has 0 aromatic carbocycles. The highest BCUT2D eigenvalue weighted by atomic mass is 35.7. The van der Waals surface area contributed by atoms with Gasteiger partial charge in [0.05, 0.1) is 6.61 Å². The van der Waals surface area contributed by atoms with Gasteiger partial charge >= 0.3 is 5.97 Å². The van der Waals surface area contributed by atoms with Crippen LogP contribution >= 0.6 is 10.7 Å². The van der Waals surface area contributed by atoms with Gasteiger partial charge in [0.2, 0.25) is 0 Å². The molecule has 21 heavy (non-hydrogen) atoms. The van der Waals surface area contributed by atoms with Crippen LogP contribution in [0.1, 0.15) is 55.9 Å². The fourth-order valence-electron chi connectivity index (χ4n) is 1.99. The van der Waals surface area contributed by atoms with Gasteiger partial charge in [-0.05, 0) is 12.5 Å². The van der Waals surface area contributed by atoms with E-state index in [0.29, 0.717) is 6.61 Å². The van der Waals surface area contributed by atoms with E-state index in [0.717, 1.165) is 19.3 Å². The van der Waals surface area contributed by atoms with Gasteiger partial charge in [0, 0.05) is 23.9 Å². The van der Waals surface area contributed by atoms with Gasteiger partial charge in [0.1, 0.15) is 10.6 Å². The molecule has 0 aliphatic rings. The number of ether oxygens (including phenoxy) is 1. The molecular weight excluding hydrogens is 314 g/mol. The number of carbonyl (C=O) groups excluding carboxylic acids is 1. The SMILES string of the molecule is CCCCCCCCOC(=O)c1cc(S(=O)(=O)Cl)cn1C. The maximum atomic E-state index is 11.9. The van der Waals surface area contributed by atoms with Crippen molar-refractivity contribution in [2.24, 2.45) is 7.05 Å². The van der Waals surface area contributed by atoms with Crippen molar-refractivity contribution in [3.05, 3.63) is 18.0 Å². The Hall–Kier alpha value is -1.01. The number of rotatable bonds is 9. The molecule has 0 fully saturated rings. The van der Waals surface area contributed by atoms with Gasteiger partial charge in [0.15, 0.2) is 0 Å². The van der Waals surface area contributed by atoms with Crippen LogP contribution in [0, 0.1) is 0 Å². The lowest BCUT2D eigenvalue weighted by Gasteiger charge is -2.05. The van der Waals surface area contributed by atoms with Crippen molar-refractivity contribution < 1.29 is 17.9 Å². The van der Waals surface area contributed by atoms with Gasteiger partial charge in [-0.3, -0.25) is 0 Å². The Morgan fingerprint density at radius 2 is 1.86 bits per heavy atom. The number of unbranched alkanes of at least 4 members (excludes halogenated alkanes) is 5. The van der Waals surface area contributed by atoms with Crippen LogP contribution in [0.5, 0.6) is 0 Å². The van der Waals surface area contributed by atoms with Crippen molar-refractivity contribution in [2.75, 3.05) is 6.61 Å². The summed E-state index contributed by atoms with van der Waals surface area (Å²) < 4.78 is 29.0. The fraction of sp³-hybridized carbons (Fsp3) is 0.643. The summed E-state index contributed by atoms with van der Waals surface area (Å²) in [6.07, 6.45) is 7.93. The highest BCUT2D eigenvalue weighted by molar-refractivity contribution is 8.13. The van der Waals surface area contributed by atoms with Crippen molar-refractivity contribution in [1.82, 2.24) is 4.57 Å². The van der Waals surface area contributed by atoms with E-state index < -0.39 is 15.0 Å². The number of aromatic nitrogens is 1. The Morgan fingerprint density at radius 3 is 2.43 bits per heavy atom. The largest absolute Gasteiger partial charge is 0.461 e. The van der Waals surface area contributed by atoms with Crippen LogP contribution in [-0.4, -0.2) is 25.6 Å². The molecule has 0 amide bonds. The van der Waals surface area contributed by atoms with E-state index in [4.69, 9.17) is 15.4 Å². The standard InChI is InChI=1S/C14H22ClNO4S/c1-3-4-5-6-7-8-9-20-14(17)13-10-12(11-16(13)2)21(15,18)19/h10-11H,3-9H2,1-2H3. The number of esters is 1. The fourth-order valence-corrected chi connectivity index (χ4v) is 2.78. The van der Waals surface area contributed by atoms with Crippen molar-refractivity contribution >= 4 is 25.7 Å². The zero-order chi connectivity index (χ0) is 15.9. The van der Waals surface area contributed by atoms with E-state index in [1.807, 2.05) is 0 Å². The average molecular weight is 336 g/mol. The lowest BCUT2D eigenvalue weighted by molar-refractivity contribution is 0.0486. The highest BCUT2D eigenvalue weighted by Crippen LogP contribution is 2.18.